The molecule has 6 heteroatoms. The lowest BCUT2D eigenvalue weighted by Crippen LogP contribution is -2.44. The third-order valence-electron chi connectivity index (χ3n) is 3.84. The van der Waals surface area contributed by atoms with E-state index in [0.717, 1.165) is 25.2 Å². The SMILES string of the molecule is CC1CN(Cc2ccc(C(=O)N[C@H](C)C(=O)O)cc2)CC(C)O1. The number of hydrogen-bond donors (Lipinski definition) is 2. The average molecular weight is 320 g/mol. The van der Waals surface area contributed by atoms with Gasteiger partial charge in [-0.2, -0.15) is 0 Å². The molecular formula is C17H24N2O4. The number of rotatable bonds is 5. The second-order valence-electron chi connectivity index (χ2n) is 6.18. The Kier molecular flexibility index (Phi) is 5.74. The third-order valence-corrected chi connectivity index (χ3v) is 3.84. The van der Waals surface area contributed by atoms with Gasteiger partial charge in [-0.25, -0.2) is 0 Å². The van der Waals surface area contributed by atoms with Crippen molar-refractivity contribution in [3.8, 4) is 0 Å². The first-order valence-corrected chi connectivity index (χ1v) is 7.85. The van der Waals surface area contributed by atoms with Crippen LogP contribution in [0.2, 0.25) is 0 Å². The van der Waals surface area contributed by atoms with Crippen LogP contribution in [0.25, 0.3) is 0 Å². The van der Waals surface area contributed by atoms with Gasteiger partial charge in [0.05, 0.1) is 12.2 Å². The molecule has 3 atom stereocenters. The molecule has 0 saturated carbocycles. The molecule has 1 aromatic carbocycles. The zero-order valence-electron chi connectivity index (χ0n) is 13.8. The first kappa shape index (κ1) is 17.4. The highest BCUT2D eigenvalue weighted by Gasteiger charge is 2.22. The van der Waals surface area contributed by atoms with Gasteiger partial charge in [-0.15, -0.1) is 0 Å². The van der Waals surface area contributed by atoms with Crippen molar-refractivity contribution in [2.75, 3.05) is 13.1 Å². The van der Waals surface area contributed by atoms with E-state index in [2.05, 4.69) is 24.1 Å². The highest BCUT2D eigenvalue weighted by Crippen LogP contribution is 2.14. The van der Waals surface area contributed by atoms with Gasteiger partial charge in [0.15, 0.2) is 0 Å². The molecule has 2 rings (SSSR count). The van der Waals surface area contributed by atoms with Crippen molar-refractivity contribution in [1.29, 1.82) is 0 Å². The predicted molar refractivity (Wildman–Crippen MR) is 86.3 cm³/mol. The number of nitrogens with zero attached hydrogens (tertiary/aromatic N) is 1. The molecule has 1 aromatic rings. The molecule has 1 saturated heterocycles. The quantitative estimate of drug-likeness (QED) is 0.859. The van der Waals surface area contributed by atoms with Crippen LogP contribution in [0.4, 0.5) is 0 Å². The molecule has 1 aliphatic rings. The predicted octanol–water partition coefficient (Wildman–Crippen LogP) is 1.50. The molecule has 0 aromatic heterocycles. The minimum atomic E-state index is -1.05. The maximum Gasteiger partial charge on any atom is 0.325 e. The highest BCUT2D eigenvalue weighted by molar-refractivity contribution is 5.96. The average Bonchev–Trinajstić information content (AvgIpc) is 2.46. The van der Waals surface area contributed by atoms with E-state index in [-0.39, 0.29) is 18.1 Å². The van der Waals surface area contributed by atoms with Crippen molar-refractivity contribution in [1.82, 2.24) is 10.2 Å². The molecule has 2 N–H and O–H groups in total. The summed E-state index contributed by atoms with van der Waals surface area (Å²) in [5.74, 6) is -1.43. The second-order valence-corrected chi connectivity index (χ2v) is 6.18. The van der Waals surface area contributed by atoms with Crippen LogP contribution in [0.1, 0.15) is 36.7 Å². The molecule has 6 nitrogen and oxygen atoms in total. The Morgan fingerprint density at radius 1 is 1.26 bits per heavy atom. The van der Waals surface area contributed by atoms with Gasteiger partial charge in [0.25, 0.3) is 5.91 Å². The summed E-state index contributed by atoms with van der Waals surface area (Å²) in [6.45, 7) is 8.17. The molecule has 0 bridgehead atoms. The number of carbonyl (C=O) groups is 2. The van der Waals surface area contributed by atoms with Crippen molar-refractivity contribution in [2.24, 2.45) is 0 Å². The molecular weight excluding hydrogens is 296 g/mol. The first-order valence-electron chi connectivity index (χ1n) is 7.85. The molecule has 1 fully saturated rings. The summed E-state index contributed by atoms with van der Waals surface area (Å²) >= 11 is 0. The van der Waals surface area contributed by atoms with Gasteiger partial charge in [-0.1, -0.05) is 12.1 Å². The monoisotopic (exact) mass is 320 g/mol. The Balaban J connectivity index is 1.94. The lowest BCUT2D eigenvalue weighted by molar-refractivity contribution is -0.138. The Morgan fingerprint density at radius 3 is 2.35 bits per heavy atom. The van der Waals surface area contributed by atoms with Gasteiger partial charge in [0, 0.05) is 25.2 Å². The maximum absolute atomic E-state index is 11.9. The summed E-state index contributed by atoms with van der Waals surface area (Å²) in [7, 11) is 0. The normalized spacial score (nSPS) is 23.3. The number of morpholine rings is 1. The number of ether oxygens (including phenoxy) is 1. The molecule has 0 spiro atoms. The zero-order valence-corrected chi connectivity index (χ0v) is 13.8. The lowest BCUT2D eigenvalue weighted by atomic mass is 10.1. The first-order chi connectivity index (χ1) is 10.8. The summed E-state index contributed by atoms with van der Waals surface area (Å²) in [5, 5.41) is 11.3. The van der Waals surface area contributed by atoms with E-state index >= 15 is 0 Å². The van der Waals surface area contributed by atoms with Crippen molar-refractivity contribution in [3.05, 3.63) is 35.4 Å². The molecule has 2 unspecified atom stereocenters. The van der Waals surface area contributed by atoms with E-state index in [9.17, 15) is 9.59 Å². The molecule has 0 aliphatic carbocycles. The molecule has 1 heterocycles. The van der Waals surface area contributed by atoms with E-state index in [1.54, 1.807) is 12.1 Å². The Labute approximate surface area is 136 Å². The molecule has 1 aliphatic heterocycles. The Bertz CT molecular complexity index is 548. The zero-order chi connectivity index (χ0) is 17.0. The number of nitrogens with one attached hydrogen (secondary N) is 1. The second kappa shape index (κ2) is 7.57. The van der Waals surface area contributed by atoms with Gasteiger partial charge in [0.2, 0.25) is 0 Å². The fraction of sp³-hybridized carbons (Fsp3) is 0.529. The van der Waals surface area contributed by atoms with Crippen LogP contribution in [-0.2, 0) is 16.1 Å². The largest absolute Gasteiger partial charge is 0.480 e. The van der Waals surface area contributed by atoms with Gasteiger partial charge in [0.1, 0.15) is 6.04 Å². The van der Waals surface area contributed by atoms with Crippen molar-refractivity contribution in [2.45, 2.75) is 45.6 Å². The summed E-state index contributed by atoms with van der Waals surface area (Å²) in [6, 6.07) is 6.37. The smallest absolute Gasteiger partial charge is 0.325 e. The highest BCUT2D eigenvalue weighted by atomic mass is 16.5. The van der Waals surface area contributed by atoms with E-state index in [1.807, 2.05) is 12.1 Å². The van der Waals surface area contributed by atoms with E-state index in [1.165, 1.54) is 6.92 Å². The van der Waals surface area contributed by atoms with Gasteiger partial charge in [-0.05, 0) is 38.5 Å². The van der Waals surface area contributed by atoms with Crippen LogP contribution >= 0.6 is 0 Å². The molecule has 1 amide bonds. The fourth-order valence-corrected chi connectivity index (χ4v) is 2.77. The van der Waals surface area contributed by atoms with Crippen LogP contribution < -0.4 is 5.32 Å². The van der Waals surface area contributed by atoms with Gasteiger partial charge < -0.3 is 15.2 Å². The number of carboxylic acid groups (broad SMARTS) is 1. The van der Waals surface area contributed by atoms with Crippen molar-refractivity contribution >= 4 is 11.9 Å². The van der Waals surface area contributed by atoms with E-state index in [0.29, 0.717) is 5.56 Å². The van der Waals surface area contributed by atoms with Crippen LogP contribution in [0.3, 0.4) is 0 Å². The van der Waals surface area contributed by atoms with Crippen LogP contribution in [0.15, 0.2) is 24.3 Å². The molecule has 0 radical (unpaired) electrons. The number of carbonyl (C=O) groups excluding carboxylic acids is 1. The fourth-order valence-electron chi connectivity index (χ4n) is 2.77. The molecule has 23 heavy (non-hydrogen) atoms. The summed E-state index contributed by atoms with van der Waals surface area (Å²) < 4.78 is 5.72. The minimum absolute atomic E-state index is 0.223. The van der Waals surface area contributed by atoms with E-state index < -0.39 is 12.0 Å². The number of benzene rings is 1. The lowest BCUT2D eigenvalue weighted by Gasteiger charge is -2.35. The maximum atomic E-state index is 11.9. The third kappa shape index (κ3) is 5.04. The van der Waals surface area contributed by atoms with Crippen LogP contribution in [0, 0.1) is 0 Å². The number of hydrogen-bond acceptors (Lipinski definition) is 4. The molecule has 126 valence electrons. The van der Waals surface area contributed by atoms with E-state index in [4.69, 9.17) is 9.84 Å². The standard InChI is InChI=1S/C17H24N2O4/c1-11-8-19(9-12(2)23-11)10-14-4-6-15(7-5-14)16(20)18-13(3)17(21)22/h4-7,11-13H,8-10H2,1-3H3,(H,18,20)(H,21,22)/t11?,12?,13-/m1/s1. The Morgan fingerprint density at radius 2 is 1.83 bits per heavy atom. The summed E-state index contributed by atoms with van der Waals surface area (Å²) in [6.07, 6.45) is 0.447. The Hall–Kier alpha value is -1.92. The number of aliphatic carboxylic acids is 1. The summed E-state index contributed by atoms with van der Waals surface area (Å²) in [4.78, 5) is 25.0. The van der Waals surface area contributed by atoms with Gasteiger partial charge >= 0.3 is 5.97 Å². The van der Waals surface area contributed by atoms with Gasteiger partial charge in [-0.3, -0.25) is 14.5 Å². The topological polar surface area (TPSA) is 78.9 Å². The summed E-state index contributed by atoms with van der Waals surface area (Å²) in [5.41, 5.74) is 1.58. The van der Waals surface area contributed by atoms with Crippen LogP contribution in [0.5, 0.6) is 0 Å². The van der Waals surface area contributed by atoms with Crippen molar-refractivity contribution in [3.63, 3.8) is 0 Å². The number of amides is 1. The number of carboxylic acids is 1. The minimum Gasteiger partial charge on any atom is -0.480 e. The van der Waals surface area contributed by atoms with Crippen molar-refractivity contribution < 1.29 is 19.4 Å². The van der Waals surface area contributed by atoms with Crippen LogP contribution in [-0.4, -0.2) is 53.2 Å².